The molecule has 1 saturated heterocycles. The summed E-state index contributed by atoms with van der Waals surface area (Å²) in [5.74, 6) is -0.188. The van der Waals surface area contributed by atoms with Crippen LogP contribution in [0, 0.1) is 0 Å². The molecule has 1 N–H and O–H groups in total. The lowest BCUT2D eigenvalue weighted by Gasteiger charge is -2.32. The largest absolute Gasteiger partial charge is 0.468 e. The first-order valence-electron chi connectivity index (χ1n) is 6.84. The van der Waals surface area contributed by atoms with Crippen LogP contribution in [-0.4, -0.2) is 43.7 Å². The molecule has 0 aromatic heterocycles. The van der Waals surface area contributed by atoms with Gasteiger partial charge in [-0.25, -0.2) is 0 Å². The van der Waals surface area contributed by atoms with Crippen molar-refractivity contribution >= 4 is 5.97 Å². The molecule has 1 aliphatic rings. The number of methoxy groups -OCH3 is 1. The van der Waals surface area contributed by atoms with Crippen molar-refractivity contribution in [2.75, 3.05) is 26.7 Å². The molecular weight excluding hydrogens is 240 g/mol. The molecule has 0 radical (unpaired) electrons. The minimum Gasteiger partial charge on any atom is -0.468 e. The Morgan fingerprint density at radius 2 is 2.00 bits per heavy atom. The minimum absolute atomic E-state index is 0.188. The quantitative estimate of drug-likeness (QED) is 0.815. The molecule has 0 saturated carbocycles. The maximum absolute atomic E-state index is 11.1. The molecule has 1 heterocycles. The van der Waals surface area contributed by atoms with Gasteiger partial charge in [0.25, 0.3) is 0 Å². The first-order valence-corrected chi connectivity index (χ1v) is 6.84. The molecule has 1 fully saturated rings. The third-order valence-corrected chi connectivity index (χ3v) is 3.60. The Morgan fingerprint density at radius 1 is 1.32 bits per heavy atom. The zero-order valence-electron chi connectivity index (χ0n) is 11.5. The normalized spacial score (nSPS) is 17.3. The second-order valence-electron chi connectivity index (χ2n) is 4.99. The number of carbonyl (C=O) groups excluding carboxylic acids is 1. The SMILES string of the molecule is COC(=O)CNC1CCN(Cc2ccccc2)CC1. The van der Waals surface area contributed by atoms with Gasteiger partial charge in [-0.3, -0.25) is 9.69 Å². The van der Waals surface area contributed by atoms with Crippen LogP contribution in [0.4, 0.5) is 0 Å². The number of carbonyl (C=O) groups is 1. The Labute approximate surface area is 114 Å². The zero-order valence-corrected chi connectivity index (χ0v) is 11.5. The highest BCUT2D eigenvalue weighted by Crippen LogP contribution is 2.13. The van der Waals surface area contributed by atoms with Gasteiger partial charge in [0.1, 0.15) is 0 Å². The Bertz CT molecular complexity index is 386. The predicted molar refractivity (Wildman–Crippen MR) is 74.8 cm³/mol. The number of hydrogen-bond donors (Lipinski definition) is 1. The second-order valence-corrected chi connectivity index (χ2v) is 4.99. The summed E-state index contributed by atoms with van der Waals surface area (Å²) >= 11 is 0. The van der Waals surface area contributed by atoms with Crippen molar-refractivity contribution in [3.63, 3.8) is 0 Å². The van der Waals surface area contributed by atoms with Gasteiger partial charge in [0.05, 0.1) is 13.7 Å². The Hall–Kier alpha value is -1.39. The van der Waals surface area contributed by atoms with Crippen LogP contribution in [0.5, 0.6) is 0 Å². The molecule has 1 aromatic carbocycles. The van der Waals surface area contributed by atoms with Crippen molar-refractivity contribution in [2.45, 2.75) is 25.4 Å². The summed E-state index contributed by atoms with van der Waals surface area (Å²) in [5, 5.41) is 3.26. The maximum Gasteiger partial charge on any atom is 0.319 e. The van der Waals surface area contributed by atoms with E-state index in [-0.39, 0.29) is 5.97 Å². The van der Waals surface area contributed by atoms with Crippen LogP contribution in [0.3, 0.4) is 0 Å². The smallest absolute Gasteiger partial charge is 0.319 e. The summed E-state index contributed by atoms with van der Waals surface area (Å²) in [5.41, 5.74) is 1.36. The molecule has 4 nitrogen and oxygen atoms in total. The monoisotopic (exact) mass is 262 g/mol. The van der Waals surface area contributed by atoms with Gasteiger partial charge in [-0.05, 0) is 31.5 Å². The molecule has 104 valence electrons. The summed E-state index contributed by atoms with van der Waals surface area (Å²) in [4.78, 5) is 13.5. The average molecular weight is 262 g/mol. The van der Waals surface area contributed by atoms with E-state index < -0.39 is 0 Å². The Morgan fingerprint density at radius 3 is 2.63 bits per heavy atom. The molecule has 0 spiro atoms. The summed E-state index contributed by atoms with van der Waals surface area (Å²) in [7, 11) is 1.42. The van der Waals surface area contributed by atoms with Gasteiger partial charge < -0.3 is 10.1 Å². The van der Waals surface area contributed by atoms with E-state index in [9.17, 15) is 4.79 Å². The topological polar surface area (TPSA) is 41.6 Å². The van der Waals surface area contributed by atoms with E-state index in [4.69, 9.17) is 0 Å². The van der Waals surface area contributed by atoms with E-state index in [0.717, 1.165) is 32.5 Å². The Balaban J connectivity index is 1.69. The number of hydrogen-bond acceptors (Lipinski definition) is 4. The van der Waals surface area contributed by atoms with E-state index in [1.165, 1.54) is 12.7 Å². The minimum atomic E-state index is -0.188. The average Bonchev–Trinajstić information content (AvgIpc) is 2.47. The molecule has 1 aliphatic heterocycles. The van der Waals surface area contributed by atoms with Crippen LogP contribution in [0.25, 0.3) is 0 Å². The Kier molecular flexibility index (Phi) is 5.36. The van der Waals surface area contributed by atoms with Gasteiger partial charge in [-0.1, -0.05) is 30.3 Å². The fourth-order valence-corrected chi connectivity index (χ4v) is 2.44. The molecule has 2 rings (SSSR count). The van der Waals surface area contributed by atoms with Crippen LogP contribution in [-0.2, 0) is 16.1 Å². The molecule has 0 amide bonds. The predicted octanol–water partition coefficient (Wildman–Crippen LogP) is 1.41. The van der Waals surface area contributed by atoms with Crippen LogP contribution in [0.1, 0.15) is 18.4 Å². The summed E-state index contributed by atoms with van der Waals surface area (Å²) in [6, 6.07) is 11.0. The van der Waals surface area contributed by atoms with Gasteiger partial charge in [-0.2, -0.15) is 0 Å². The molecule has 1 aromatic rings. The standard InChI is InChI=1S/C15H22N2O2/c1-19-15(18)11-16-14-7-9-17(10-8-14)12-13-5-3-2-4-6-13/h2-6,14,16H,7-12H2,1H3. The van der Waals surface area contributed by atoms with Gasteiger partial charge in [0.2, 0.25) is 0 Å². The summed E-state index contributed by atoms with van der Waals surface area (Å²) < 4.78 is 4.63. The summed E-state index contributed by atoms with van der Waals surface area (Å²) in [6.07, 6.45) is 2.17. The number of likely N-dealkylation sites (tertiary alicyclic amines) is 1. The maximum atomic E-state index is 11.1. The summed E-state index contributed by atoms with van der Waals surface area (Å²) in [6.45, 7) is 3.49. The number of piperidine rings is 1. The van der Waals surface area contributed by atoms with Gasteiger partial charge in [0.15, 0.2) is 0 Å². The van der Waals surface area contributed by atoms with Crippen molar-refractivity contribution in [2.24, 2.45) is 0 Å². The van der Waals surface area contributed by atoms with Crippen molar-refractivity contribution < 1.29 is 9.53 Å². The van der Waals surface area contributed by atoms with E-state index in [1.807, 2.05) is 6.07 Å². The van der Waals surface area contributed by atoms with E-state index in [0.29, 0.717) is 12.6 Å². The highest BCUT2D eigenvalue weighted by molar-refractivity contribution is 5.71. The molecule has 0 bridgehead atoms. The molecule has 0 aliphatic carbocycles. The molecular formula is C15H22N2O2. The van der Waals surface area contributed by atoms with Crippen LogP contribution >= 0.6 is 0 Å². The number of rotatable bonds is 5. The second kappa shape index (κ2) is 7.26. The fraction of sp³-hybridized carbons (Fsp3) is 0.533. The lowest BCUT2D eigenvalue weighted by molar-refractivity contribution is -0.139. The molecule has 4 heteroatoms. The van der Waals surface area contributed by atoms with E-state index >= 15 is 0 Å². The molecule has 0 unspecified atom stereocenters. The number of nitrogens with zero attached hydrogens (tertiary/aromatic N) is 1. The number of esters is 1. The van der Waals surface area contributed by atoms with E-state index in [1.54, 1.807) is 0 Å². The first kappa shape index (κ1) is 14.0. The lowest BCUT2D eigenvalue weighted by Crippen LogP contribution is -2.43. The van der Waals surface area contributed by atoms with Crippen LogP contribution in [0.15, 0.2) is 30.3 Å². The lowest BCUT2D eigenvalue weighted by atomic mass is 10.0. The van der Waals surface area contributed by atoms with Crippen molar-refractivity contribution in [1.82, 2.24) is 10.2 Å². The molecule has 0 atom stereocenters. The third kappa shape index (κ3) is 4.65. The van der Waals surface area contributed by atoms with Crippen LogP contribution in [0.2, 0.25) is 0 Å². The molecule has 19 heavy (non-hydrogen) atoms. The van der Waals surface area contributed by atoms with Crippen molar-refractivity contribution in [1.29, 1.82) is 0 Å². The zero-order chi connectivity index (χ0) is 13.5. The first-order chi connectivity index (χ1) is 9.28. The fourth-order valence-electron chi connectivity index (χ4n) is 2.44. The van der Waals surface area contributed by atoms with Gasteiger partial charge >= 0.3 is 5.97 Å². The van der Waals surface area contributed by atoms with E-state index in [2.05, 4.69) is 39.2 Å². The number of benzene rings is 1. The third-order valence-electron chi connectivity index (χ3n) is 3.60. The van der Waals surface area contributed by atoms with Gasteiger partial charge in [0, 0.05) is 12.6 Å². The van der Waals surface area contributed by atoms with Crippen LogP contribution < -0.4 is 5.32 Å². The van der Waals surface area contributed by atoms with Gasteiger partial charge in [-0.15, -0.1) is 0 Å². The highest BCUT2D eigenvalue weighted by Gasteiger charge is 2.19. The van der Waals surface area contributed by atoms with Crippen molar-refractivity contribution in [3.8, 4) is 0 Å². The van der Waals surface area contributed by atoms with Crippen molar-refractivity contribution in [3.05, 3.63) is 35.9 Å². The highest BCUT2D eigenvalue weighted by atomic mass is 16.5. The number of nitrogens with one attached hydrogen (secondary N) is 1. The number of ether oxygens (including phenoxy) is 1.